The Balaban J connectivity index is 1.63. The third-order valence-corrected chi connectivity index (χ3v) is 3.45. The van der Waals surface area contributed by atoms with Gasteiger partial charge in [0.05, 0.1) is 0 Å². The quantitative estimate of drug-likeness (QED) is 0.641. The Bertz CT molecular complexity index is 648. The molecule has 4 nitrogen and oxygen atoms in total. The molecule has 0 amide bonds. The van der Waals surface area contributed by atoms with Crippen LogP contribution >= 0.6 is 0 Å². The van der Waals surface area contributed by atoms with E-state index in [1.54, 1.807) is 18.2 Å². The average Bonchev–Trinajstić information content (AvgIpc) is 2.56. The van der Waals surface area contributed by atoms with Crippen LogP contribution in [0.15, 0.2) is 48.5 Å². The zero-order chi connectivity index (χ0) is 15.4. The monoisotopic (exact) mass is 298 g/mol. The van der Waals surface area contributed by atoms with Crippen LogP contribution < -0.4 is 14.2 Å². The van der Waals surface area contributed by atoms with Crippen molar-refractivity contribution in [3.63, 3.8) is 0 Å². The summed E-state index contributed by atoms with van der Waals surface area (Å²) in [6.07, 6.45) is 1.36. The summed E-state index contributed by atoms with van der Waals surface area (Å²) in [5.41, 5.74) is 1.23. The Morgan fingerprint density at radius 1 is 1.14 bits per heavy atom. The number of ether oxygens (including phenoxy) is 3. The lowest BCUT2D eigenvalue weighted by molar-refractivity contribution is -0.144. The molecule has 0 saturated heterocycles. The first-order chi connectivity index (χ1) is 10.8. The van der Waals surface area contributed by atoms with Crippen molar-refractivity contribution in [2.75, 3.05) is 6.61 Å². The maximum Gasteiger partial charge on any atom is 0.356 e. The summed E-state index contributed by atoms with van der Waals surface area (Å²) < 4.78 is 16.5. The Hall–Kier alpha value is -2.49. The molecule has 22 heavy (non-hydrogen) atoms. The van der Waals surface area contributed by atoms with Gasteiger partial charge in [-0.1, -0.05) is 37.6 Å². The second-order valence-electron chi connectivity index (χ2n) is 5.18. The van der Waals surface area contributed by atoms with Crippen LogP contribution in [0.3, 0.4) is 0 Å². The van der Waals surface area contributed by atoms with Crippen LogP contribution in [0.1, 0.15) is 18.9 Å². The van der Waals surface area contributed by atoms with Gasteiger partial charge >= 0.3 is 5.97 Å². The van der Waals surface area contributed by atoms with E-state index >= 15 is 0 Å². The first-order valence-electron chi connectivity index (χ1n) is 7.45. The second kappa shape index (κ2) is 6.52. The van der Waals surface area contributed by atoms with E-state index in [0.29, 0.717) is 17.2 Å². The average molecular weight is 298 g/mol. The number of esters is 1. The van der Waals surface area contributed by atoms with E-state index in [4.69, 9.17) is 14.2 Å². The van der Waals surface area contributed by atoms with E-state index in [1.165, 1.54) is 5.56 Å². The highest BCUT2D eigenvalue weighted by atomic mass is 16.6. The molecule has 1 heterocycles. The van der Waals surface area contributed by atoms with Gasteiger partial charge in [-0.05, 0) is 36.2 Å². The first kappa shape index (κ1) is 14.4. The number of hydrogen-bond donors (Lipinski definition) is 0. The molecule has 0 fully saturated rings. The fourth-order valence-corrected chi connectivity index (χ4v) is 2.33. The number of carbonyl (C=O) groups is 1. The number of para-hydroxylation sites is 2. The second-order valence-corrected chi connectivity index (χ2v) is 5.18. The van der Waals surface area contributed by atoms with Gasteiger partial charge in [0.25, 0.3) is 0 Å². The normalized spacial score (nSPS) is 16.1. The number of fused-ring (bicyclic) bond motifs is 1. The summed E-state index contributed by atoms with van der Waals surface area (Å²) in [6, 6.07) is 14.8. The Morgan fingerprint density at radius 2 is 1.86 bits per heavy atom. The molecule has 0 aromatic heterocycles. The molecule has 3 rings (SSSR count). The topological polar surface area (TPSA) is 44.8 Å². The lowest BCUT2D eigenvalue weighted by Gasteiger charge is -2.24. The zero-order valence-corrected chi connectivity index (χ0v) is 12.5. The first-order valence-corrected chi connectivity index (χ1v) is 7.45. The van der Waals surface area contributed by atoms with Crippen LogP contribution in [0.2, 0.25) is 0 Å². The highest BCUT2D eigenvalue weighted by Gasteiger charge is 2.29. The number of rotatable bonds is 4. The van der Waals surface area contributed by atoms with E-state index in [0.717, 1.165) is 12.8 Å². The third kappa shape index (κ3) is 3.22. The molecule has 1 atom stereocenters. The van der Waals surface area contributed by atoms with Crippen molar-refractivity contribution in [3.05, 3.63) is 54.1 Å². The van der Waals surface area contributed by atoms with Gasteiger partial charge in [0.2, 0.25) is 6.10 Å². The predicted octanol–water partition coefficient (Wildman–Crippen LogP) is 3.38. The molecule has 4 heteroatoms. The zero-order valence-electron chi connectivity index (χ0n) is 12.5. The molecule has 2 aromatic carbocycles. The van der Waals surface area contributed by atoms with Gasteiger partial charge in [-0.3, -0.25) is 0 Å². The lowest BCUT2D eigenvalue weighted by Crippen LogP contribution is -2.39. The molecular formula is C18H18O4. The molecule has 1 aliphatic heterocycles. The van der Waals surface area contributed by atoms with E-state index in [-0.39, 0.29) is 6.61 Å². The molecule has 0 spiro atoms. The van der Waals surface area contributed by atoms with Crippen LogP contribution in [0.5, 0.6) is 17.2 Å². The van der Waals surface area contributed by atoms with E-state index in [2.05, 4.69) is 6.92 Å². The molecular weight excluding hydrogens is 280 g/mol. The number of carbonyl (C=O) groups excluding carboxylic acids is 1. The summed E-state index contributed by atoms with van der Waals surface area (Å²) in [4.78, 5) is 12.2. The fourth-order valence-electron chi connectivity index (χ4n) is 2.33. The number of aryl methyl sites for hydroxylation is 1. The number of hydrogen-bond acceptors (Lipinski definition) is 4. The van der Waals surface area contributed by atoms with Crippen LogP contribution in [-0.2, 0) is 11.2 Å². The van der Waals surface area contributed by atoms with E-state index < -0.39 is 12.1 Å². The van der Waals surface area contributed by atoms with E-state index in [9.17, 15) is 4.79 Å². The van der Waals surface area contributed by atoms with Crippen molar-refractivity contribution in [2.24, 2.45) is 0 Å². The summed E-state index contributed by atoms with van der Waals surface area (Å²) >= 11 is 0. The maximum atomic E-state index is 12.2. The number of benzene rings is 2. The molecule has 0 saturated carbocycles. The van der Waals surface area contributed by atoms with Crippen molar-refractivity contribution in [1.82, 2.24) is 0 Å². The van der Waals surface area contributed by atoms with Gasteiger partial charge in [-0.2, -0.15) is 0 Å². The molecule has 1 aliphatic rings. The van der Waals surface area contributed by atoms with Crippen molar-refractivity contribution < 1.29 is 19.0 Å². The van der Waals surface area contributed by atoms with Crippen molar-refractivity contribution in [3.8, 4) is 17.2 Å². The van der Waals surface area contributed by atoms with Crippen LogP contribution in [0, 0.1) is 0 Å². The van der Waals surface area contributed by atoms with Gasteiger partial charge < -0.3 is 14.2 Å². The minimum atomic E-state index is -0.745. The van der Waals surface area contributed by atoms with Crippen molar-refractivity contribution in [2.45, 2.75) is 25.9 Å². The highest BCUT2D eigenvalue weighted by Crippen LogP contribution is 2.31. The summed E-state index contributed by atoms with van der Waals surface area (Å²) in [6.45, 7) is 2.29. The molecule has 0 bridgehead atoms. The lowest BCUT2D eigenvalue weighted by atomic mass is 10.1. The maximum absolute atomic E-state index is 12.2. The Labute approximate surface area is 129 Å². The molecule has 0 N–H and O–H groups in total. The molecule has 1 unspecified atom stereocenters. The van der Waals surface area contributed by atoms with Gasteiger partial charge in [-0.15, -0.1) is 0 Å². The smallest absolute Gasteiger partial charge is 0.356 e. The van der Waals surface area contributed by atoms with Crippen LogP contribution in [0.25, 0.3) is 0 Å². The van der Waals surface area contributed by atoms with Crippen LogP contribution in [-0.4, -0.2) is 18.7 Å². The molecule has 0 radical (unpaired) electrons. The third-order valence-electron chi connectivity index (χ3n) is 3.45. The van der Waals surface area contributed by atoms with Crippen molar-refractivity contribution in [1.29, 1.82) is 0 Å². The Kier molecular flexibility index (Phi) is 4.28. The largest absolute Gasteiger partial charge is 0.485 e. The molecule has 114 valence electrons. The van der Waals surface area contributed by atoms with Gasteiger partial charge in [0, 0.05) is 0 Å². The van der Waals surface area contributed by atoms with Crippen molar-refractivity contribution >= 4 is 5.97 Å². The Morgan fingerprint density at radius 3 is 2.59 bits per heavy atom. The fraction of sp³-hybridized carbons (Fsp3) is 0.278. The highest BCUT2D eigenvalue weighted by molar-refractivity contribution is 5.78. The van der Waals surface area contributed by atoms with Crippen LogP contribution in [0.4, 0.5) is 0 Å². The molecule has 2 aromatic rings. The van der Waals surface area contributed by atoms with Gasteiger partial charge in [-0.25, -0.2) is 4.79 Å². The minimum Gasteiger partial charge on any atom is -0.485 e. The minimum absolute atomic E-state index is 0.157. The summed E-state index contributed by atoms with van der Waals surface area (Å²) in [7, 11) is 0. The molecule has 0 aliphatic carbocycles. The SMILES string of the molecule is CCCc1ccc(OC(=O)C2COc3ccccc3O2)cc1. The van der Waals surface area contributed by atoms with Gasteiger partial charge in [0.1, 0.15) is 12.4 Å². The van der Waals surface area contributed by atoms with Gasteiger partial charge in [0.15, 0.2) is 11.5 Å². The predicted molar refractivity (Wildman–Crippen MR) is 82.4 cm³/mol. The summed E-state index contributed by atoms with van der Waals surface area (Å²) in [5, 5.41) is 0. The standard InChI is InChI=1S/C18H18O4/c1-2-5-13-8-10-14(11-9-13)21-18(19)17-12-20-15-6-3-4-7-16(15)22-17/h3-4,6-11,17H,2,5,12H2,1H3. The van der Waals surface area contributed by atoms with E-state index in [1.807, 2.05) is 30.3 Å². The summed E-state index contributed by atoms with van der Waals surface area (Å²) in [5.74, 6) is 1.29.